The molecule has 2 aromatic rings. The van der Waals surface area contributed by atoms with E-state index in [9.17, 15) is 0 Å². The van der Waals surface area contributed by atoms with Crippen LogP contribution in [0, 0.1) is 6.33 Å². The first-order valence-electron chi connectivity index (χ1n) is 4.40. The standard InChI is InChI=1S/C11H11N2/c1-2-10-4-3-5-11(8-10)13-7-6-12-9-13/h3-8H,2H2,1H3. The fourth-order valence-electron chi connectivity index (χ4n) is 1.30. The summed E-state index contributed by atoms with van der Waals surface area (Å²) in [6.07, 6.45) is 7.56. The smallest absolute Gasteiger partial charge is 0.181 e. The molecule has 0 saturated heterocycles. The second-order valence-corrected chi connectivity index (χ2v) is 2.92. The maximum Gasteiger partial charge on any atom is 0.181 e. The zero-order valence-corrected chi connectivity index (χ0v) is 7.57. The van der Waals surface area contributed by atoms with E-state index in [0.29, 0.717) is 0 Å². The van der Waals surface area contributed by atoms with Crippen molar-refractivity contribution < 1.29 is 0 Å². The van der Waals surface area contributed by atoms with E-state index in [-0.39, 0.29) is 0 Å². The lowest BCUT2D eigenvalue weighted by Crippen LogP contribution is -1.91. The van der Waals surface area contributed by atoms with Crippen molar-refractivity contribution in [3.8, 4) is 5.69 Å². The molecule has 1 aromatic carbocycles. The number of aromatic nitrogens is 2. The zero-order chi connectivity index (χ0) is 9.10. The largest absolute Gasteiger partial charge is 0.297 e. The van der Waals surface area contributed by atoms with Crippen molar-refractivity contribution in [1.29, 1.82) is 0 Å². The molecule has 0 atom stereocenters. The molecule has 0 saturated carbocycles. The average molecular weight is 171 g/mol. The van der Waals surface area contributed by atoms with Gasteiger partial charge in [-0.05, 0) is 24.1 Å². The summed E-state index contributed by atoms with van der Waals surface area (Å²) in [4.78, 5) is 3.89. The first kappa shape index (κ1) is 8.05. The molecule has 1 radical (unpaired) electrons. The van der Waals surface area contributed by atoms with Crippen LogP contribution in [0.15, 0.2) is 36.7 Å². The Bertz CT molecular complexity index is 377. The van der Waals surface area contributed by atoms with Gasteiger partial charge in [0.25, 0.3) is 0 Å². The van der Waals surface area contributed by atoms with Gasteiger partial charge in [0, 0.05) is 18.1 Å². The van der Waals surface area contributed by atoms with Crippen LogP contribution in [0.2, 0.25) is 0 Å². The number of hydrogen-bond acceptors (Lipinski definition) is 1. The van der Waals surface area contributed by atoms with Crippen LogP contribution in [0.25, 0.3) is 5.69 Å². The van der Waals surface area contributed by atoms with Crippen molar-refractivity contribution in [2.75, 3.05) is 0 Å². The molecule has 0 aliphatic heterocycles. The molecule has 65 valence electrons. The maximum atomic E-state index is 3.89. The van der Waals surface area contributed by atoms with Gasteiger partial charge in [0.1, 0.15) is 0 Å². The lowest BCUT2D eigenvalue weighted by molar-refractivity contribution is 1.03. The molecule has 0 amide bonds. The molecule has 0 spiro atoms. The first-order chi connectivity index (χ1) is 6.40. The van der Waals surface area contributed by atoms with Crippen LogP contribution in [0.3, 0.4) is 0 Å². The quantitative estimate of drug-likeness (QED) is 0.677. The predicted octanol–water partition coefficient (Wildman–Crippen LogP) is 2.23. The van der Waals surface area contributed by atoms with Gasteiger partial charge in [0.2, 0.25) is 0 Å². The highest BCUT2D eigenvalue weighted by atomic mass is 15.0. The van der Waals surface area contributed by atoms with Crippen LogP contribution >= 0.6 is 0 Å². The van der Waals surface area contributed by atoms with Crippen LogP contribution in [0.4, 0.5) is 0 Å². The summed E-state index contributed by atoms with van der Waals surface area (Å²) < 4.78 is 1.89. The number of rotatable bonds is 2. The van der Waals surface area contributed by atoms with E-state index in [0.717, 1.165) is 12.1 Å². The summed E-state index contributed by atoms with van der Waals surface area (Å²) >= 11 is 0. The molecule has 0 aliphatic rings. The Balaban J connectivity index is 2.41. The van der Waals surface area contributed by atoms with Crippen LogP contribution < -0.4 is 0 Å². The fraction of sp³-hybridized carbons (Fsp3) is 0.182. The SMILES string of the molecule is CCc1cccc(-n2[c]ncc2)c1. The van der Waals surface area contributed by atoms with Gasteiger partial charge in [-0.25, -0.2) is 4.98 Å². The third-order valence-corrected chi connectivity index (χ3v) is 2.05. The third-order valence-electron chi connectivity index (χ3n) is 2.05. The van der Waals surface area contributed by atoms with E-state index in [1.54, 1.807) is 6.20 Å². The summed E-state index contributed by atoms with van der Waals surface area (Å²) in [5.74, 6) is 0. The fourth-order valence-corrected chi connectivity index (χ4v) is 1.30. The van der Waals surface area contributed by atoms with Gasteiger partial charge in [-0.1, -0.05) is 19.1 Å². The maximum absolute atomic E-state index is 3.89. The van der Waals surface area contributed by atoms with Crippen LogP contribution in [-0.2, 0) is 6.42 Å². The third kappa shape index (κ3) is 1.61. The average Bonchev–Trinajstić information content (AvgIpc) is 2.71. The number of benzene rings is 1. The summed E-state index contributed by atoms with van der Waals surface area (Å²) in [5, 5.41) is 0. The minimum Gasteiger partial charge on any atom is -0.297 e. The van der Waals surface area contributed by atoms with Crippen molar-refractivity contribution in [2.45, 2.75) is 13.3 Å². The molecular formula is C11H11N2. The van der Waals surface area contributed by atoms with Crippen molar-refractivity contribution in [1.82, 2.24) is 9.55 Å². The molecule has 0 bridgehead atoms. The Morgan fingerprint density at radius 1 is 1.46 bits per heavy atom. The number of hydrogen-bond donors (Lipinski definition) is 0. The van der Waals surface area contributed by atoms with Crippen LogP contribution in [0.1, 0.15) is 12.5 Å². The van der Waals surface area contributed by atoms with Gasteiger partial charge in [-0.3, -0.25) is 4.57 Å². The van der Waals surface area contributed by atoms with Crippen molar-refractivity contribution >= 4 is 0 Å². The van der Waals surface area contributed by atoms with Gasteiger partial charge in [-0.2, -0.15) is 0 Å². The van der Waals surface area contributed by atoms with E-state index in [2.05, 4.69) is 42.5 Å². The Hall–Kier alpha value is -1.57. The van der Waals surface area contributed by atoms with Gasteiger partial charge >= 0.3 is 0 Å². The van der Waals surface area contributed by atoms with Gasteiger partial charge in [0.15, 0.2) is 6.33 Å². The molecule has 0 N–H and O–H groups in total. The molecule has 2 rings (SSSR count). The molecule has 0 aliphatic carbocycles. The van der Waals surface area contributed by atoms with Crippen molar-refractivity contribution in [2.24, 2.45) is 0 Å². The summed E-state index contributed by atoms with van der Waals surface area (Å²) in [7, 11) is 0. The molecule has 2 nitrogen and oxygen atoms in total. The summed E-state index contributed by atoms with van der Waals surface area (Å²) in [5.41, 5.74) is 2.46. The second-order valence-electron chi connectivity index (χ2n) is 2.92. The monoisotopic (exact) mass is 171 g/mol. The van der Waals surface area contributed by atoms with E-state index in [1.807, 2.05) is 10.8 Å². The minimum absolute atomic E-state index is 1.06. The Kier molecular flexibility index (Phi) is 2.13. The van der Waals surface area contributed by atoms with E-state index in [4.69, 9.17) is 0 Å². The van der Waals surface area contributed by atoms with Gasteiger partial charge < -0.3 is 0 Å². The lowest BCUT2D eigenvalue weighted by Gasteiger charge is -2.02. The number of imidazole rings is 1. The molecule has 1 aromatic heterocycles. The van der Waals surface area contributed by atoms with Gasteiger partial charge in [0.05, 0.1) is 0 Å². The number of aryl methyl sites for hydroxylation is 1. The topological polar surface area (TPSA) is 17.8 Å². The second kappa shape index (κ2) is 3.44. The molecule has 0 unspecified atom stereocenters. The summed E-state index contributed by atoms with van der Waals surface area (Å²) in [6, 6.07) is 8.39. The highest BCUT2D eigenvalue weighted by Gasteiger charge is 1.95. The minimum atomic E-state index is 1.06. The molecular weight excluding hydrogens is 160 g/mol. The molecule has 1 heterocycles. The Morgan fingerprint density at radius 2 is 2.38 bits per heavy atom. The highest BCUT2D eigenvalue weighted by Crippen LogP contribution is 2.09. The normalized spacial score (nSPS) is 10.2. The highest BCUT2D eigenvalue weighted by molar-refractivity contribution is 5.35. The van der Waals surface area contributed by atoms with Crippen molar-refractivity contribution in [3.63, 3.8) is 0 Å². The molecule has 13 heavy (non-hydrogen) atoms. The predicted molar refractivity (Wildman–Crippen MR) is 51.8 cm³/mol. The molecule has 2 heteroatoms. The van der Waals surface area contributed by atoms with Crippen molar-refractivity contribution in [3.05, 3.63) is 48.5 Å². The Labute approximate surface area is 77.9 Å². The molecule has 0 fully saturated rings. The Morgan fingerprint density at radius 3 is 3.08 bits per heavy atom. The van der Waals surface area contributed by atoms with E-state index >= 15 is 0 Å². The zero-order valence-electron chi connectivity index (χ0n) is 7.57. The van der Waals surface area contributed by atoms with Gasteiger partial charge in [-0.15, -0.1) is 0 Å². The van der Waals surface area contributed by atoms with Crippen LogP contribution in [0.5, 0.6) is 0 Å². The first-order valence-corrected chi connectivity index (χ1v) is 4.40. The number of nitrogens with zero attached hydrogens (tertiary/aromatic N) is 2. The van der Waals surface area contributed by atoms with E-state index < -0.39 is 0 Å². The summed E-state index contributed by atoms with van der Waals surface area (Å²) in [6.45, 7) is 2.15. The van der Waals surface area contributed by atoms with E-state index in [1.165, 1.54) is 5.56 Å². The van der Waals surface area contributed by atoms with Crippen LogP contribution in [-0.4, -0.2) is 9.55 Å². The lowest BCUT2D eigenvalue weighted by atomic mass is 10.1.